The maximum atomic E-state index is 12.7. The molecule has 0 saturated carbocycles. The maximum Gasteiger partial charge on any atom is 0.194 e. The minimum atomic E-state index is -0.256. The number of ketones is 1. The van der Waals surface area contributed by atoms with Gasteiger partial charge >= 0.3 is 0 Å². The molecule has 2 aromatic rings. The summed E-state index contributed by atoms with van der Waals surface area (Å²) >= 11 is 0. The zero-order valence-corrected chi connectivity index (χ0v) is 12.7. The van der Waals surface area contributed by atoms with E-state index in [1.54, 1.807) is 7.11 Å². The van der Waals surface area contributed by atoms with Crippen LogP contribution in [0.4, 0.5) is 0 Å². The molecule has 1 unspecified atom stereocenters. The zero-order chi connectivity index (χ0) is 15.4. The molecule has 114 valence electrons. The van der Waals surface area contributed by atoms with Crippen molar-refractivity contribution in [1.82, 2.24) is 10.2 Å². The number of ether oxygens (including phenoxy) is 1. The van der Waals surface area contributed by atoms with Crippen molar-refractivity contribution < 1.29 is 9.53 Å². The summed E-state index contributed by atoms with van der Waals surface area (Å²) in [5.41, 5.74) is 1.93. The van der Waals surface area contributed by atoms with Crippen LogP contribution >= 0.6 is 0 Å². The molecule has 4 heteroatoms. The van der Waals surface area contributed by atoms with E-state index in [2.05, 4.69) is 22.3 Å². The van der Waals surface area contributed by atoms with E-state index >= 15 is 0 Å². The standard InChI is InChI=1S/C18H20N2O2/c1-22-16-9-7-15(8-10-16)17(21)18-19-11-12-20(18)13-14-5-3-2-4-6-14/h2-10,18-19H,11-13H2,1H3. The topological polar surface area (TPSA) is 41.6 Å². The second-order valence-electron chi connectivity index (χ2n) is 5.41. The highest BCUT2D eigenvalue weighted by atomic mass is 16.5. The highest BCUT2D eigenvalue weighted by Gasteiger charge is 2.30. The molecule has 3 rings (SSSR count). The number of hydrogen-bond acceptors (Lipinski definition) is 4. The molecular formula is C18H20N2O2. The Kier molecular flexibility index (Phi) is 4.51. The lowest BCUT2D eigenvalue weighted by atomic mass is 10.1. The zero-order valence-electron chi connectivity index (χ0n) is 12.7. The number of carbonyl (C=O) groups excluding carboxylic acids is 1. The van der Waals surface area contributed by atoms with Crippen LogP contribution in [0, 0.1) is 0 Å². The van der Waals surface area contributed by atoms with Gasteiger partial charge in [0.05, 0.1) is 7.11 Å². The van der Waals surface area contributed by atoms with Gasteiger partial charge in [-0.05, 0) is 29.8 Å². The minimum Gasteiger partial charge on any atom is -0.497 e. The first kappa shape index (κ1) is 14.8. The van der Waals surface area contributed by atoms with Crippen LogP contribution in [0.2, 0.25) is 0 Å². The van der Waals surface area contributed by atoms with Gasteiger partial charge in [-0.1, -0.05) is 30.3 Å². The number of carbonyl (C=O) groups is 1. The molecule has 1 fully saturated rings. The summed E-state index contributed by atoms with van der Waals surface area (Å²) in [6, 6.07) is 17.5. The Balaban J connectivity index is 1.73. The number of benzene rings is 2. The normalized spacial score (nSPS) is 18.3. The van der Waals surface area contributed by atoms with Crippen molar-refractivity contribution in [3.05, 3.63) is 65.7 Å². The van der Waals surface area contributed by atoms with Gasteiger partial charge in [-0.2, -0.15) is 0 Å². The third-order valence-corrected chi connectivity index (χ3v) is 3.95. The molecule has 0 aromatic heterocycles. The quantitative estimate of drug-likeness (QED) is 0.860. The van der Waals surface area contributed by atoms with Crippen LogP contribution in [-0.4, -0.2) is 37.0 Å². The minimum absolute atomic E-state index is 0.107. The summed E-state index contributed by atoms with van der Waals surface area (Å²) in [6.07, 6.45) is -0.256. The van der Waals surface area contributed by atoms with Crippen LogP contribution in [-0.2, 0) is 6.54 Å². The fraction of sp³-hybridized carbons (Fsp3) is 0.278. The third-order valence-electron chi connectivity index (χ3n) is 3.95. The van der Waals surface area contributed by atoms with Crippen molar-refractivity contribution >= 4 is 5.78 Å². The number of nitrogens with one attached hydrogen (secondary N) is 1. The molecule has 1 atom stereocenters. The molecule has 0 radical (unpaired) electrons. The van der Waals surface area contributed by atoms with E-state index in [4.69, 9.17) is 4.74 Å². The fourth-order valence-corrected chi connectivity index (χ4v) is 2.76. The lowest BCUT2D eigenvalue weighted by molar-refractivity contribution is 0.0843. The first-order valence-corrected chi connectivity index (χ1v) is 7.47. The fourth-order valence-electron chi connectivity index (χ4n) is 2.76. The lowest BCUT2D eigenvalue weighted by Gasteiger charge is -2.23. The van der Waals surface area contributed by atoms with Crippen molar-refractivity contribution in [2.24, 2.45) is 0 Å². The van der Waals surface area contributed by atoms with Gasteiger partial charge in [-0.3, -0.25) is 15.0 Å². The Labute approximate surface area is 130 Å². The summed E-state index contributed by atoms with van der Waals surface area (Å²) in [5, 5.41) is 3.30. The summed E-state index contributed by atoms with van der Waals surface area (Å²) in [5.74, 6) is 0.869. The summed E-state index contributed by atoms with van der Waals surface area (Å²) in [7, 11) is 1.62. The Hall–Kier alpha value is -2.17. The number of Topliss-reactive ketones (excluding diaryl/α,β-unsaturated/α-hetero) is 1. The molecule has 1 N–H and O–H groups in total. The predicted molar refractivity (Wildman–Crippen MR) is 86.0 cm³/mol. The molecule has 1 saturated heterocycles. The highest BCUT2D eigenvalue weighted by molar-refractivity contribution is 6.00. The molecule has 0 spiro atoms. The Morgan fingerprint density at radius 1 is 1.18 bits per heavy atom. The van der Waals surface area contributed by atoms with Gasteiger partial charge < -0.3 is 4.74 Å². The summed E-state index contributed by atoms with van der Waals surface area (Å²) < 4.78 is 5.14. The lowest BCUT2D eigenvalue weighted by Crippen LogP contribution is -2.42. The molecule has 1 aliphatic rings. The van der Waals surface area contributed by atoms with E-state index in [1.807, 2.05) is 42.5 Å². The number of methoxy groups -OCH3 is 1. The largest absolute Gasteiger partial charge is 0.497 e. The number of rotatable bonds is 5. The van der Waals surface area contributed by atoms with E-state index in [1.165, 1.54) is 5.56 Å². The van der Waals surface area contributed by atoms with Crippen LogP contribution in [0.1, 0.15) is 15.9 Å². The van der Waals surface area contributed by atoms with Crippen LogP contribution in [0.3, 0.4) is 0 Å². The van der Waals surface area contributed by atoms with E-state index in [0.29, 0.717) is 5.56 Å². The van der Waals surface area contributed by atoms with Gasteiger partial charge in [-0.25, -0.2) is 0 Å². The SMILES string of the molecule is COc1ccc(C(=O)C2NCCN2Cc2ccccc2)cc1. The number of hydrogen-bond donors (Lipinski definition) is 1. The second kappa shape index (κ2) is 6.73. The van der Waals surface area contributed by atoms with Gasteiger partial charge in [0.25, 0.3) is 0 Å². The summed E-state index contributed by atoms with van der Waals surface area (Å²) in [4.78, 5) is 14.9. The Morgan fingerprint density at radius 2 is 1.91 bits per heavy atom. The molecule has 1 heterocycles. The first-order valence-electron chi connectivity index (χ1n) is 7.47. The third kappa shape index (κ3) is 3.18. The predicted octanol–water partition coefficient (Wildman–Crippen LogP) is 2.31. The van der Waals surface area contributed by atoms with Crippen LogP contribution in [0.5, 0.6) is 5.75 Å². The van der Waals surface area contributed by atoms with E-state index in [9.17, 15) is 4.79 Å². The smallest absolute Gasteiger partial charge is 0.194 e. The van der Waals surface area contributed by atoms with Gasteiger partial charge in [0.15, 0.2) is 5.78 Å². The molecule has 0 amide bonds. The molecule has 0 bridgehead atoms. The first-order chi connectivity index (χ1) is 10.8. The summed E-state index contributed by atoms with van der Waals surface area (Å²) in [6.45, 7) is 2.49. The molecule has 4 nitrogen and oxygen atoms in total. The van der Waals surface area contributed by atoms with Crippen LogP contribution in [0.15, 0.2) is 54.6 Å². The van der Waals surface area contributed by atoms with Crippen molar-refractivity contribution in [3.8, 4) is 5.75 Å². The molecule has 0 aliphatic carbocycles. The maximum absolute atomic E-state index is 12.7. The molecule has 22 heavy (non-hydrogen) atoms. The highest BCUT2D eigenvalue weighted by Crippen LogP contribution is 2.17. The monoisotopic (exact) mass is 296 g/mol. The van der Waals surface area contributed by atoms with Crippen LogP contribution < -0.4 is 10.1 Å². The molecule has 2 aromatic carbocycles. The molecule has 1 aliphatic heterocycles. The van der Waals surface area contributed by atoms with Gasteiger partial charge in [0, 0.05) is 25.2 Å². The van der Waals surface area contributed by atoms with Crippen molar-refractivity contribution in [1.29, 1.82) is 0 Å². The van der Waals surface area contributed by atoms with E-state index in [0.717, 1.165) is 25.4 Å². The van der Waals surface area contributed by atoms with Crippen molar-refractivity contribution in [2.45, 2.75) is 12.7 Å². The average molecular weight is 296 g/mol. The Bertz CT molecular complexity index is 625. The van der Waals surface area contributed by atoms with Crippen molar-refractivity contribution in [2.75, 3.05) is 20.2 Å². The average Bonchev–Trinajstić information content (AvgIpc) is 3.03. The van der Waals surface area contributed by atoms with Crippen molar-refractivity contribution in [3.63, 3.8) is 0 Å². The van der Waals surface area contributed by atoms with E-state index in [-0.39, 0.29) is 11.9 Å². The van der Waals surface area contributed by atoms with Gasteiger partial charge in [0.1, 0.15) is 11.9 Å². The Morgan fingerprint density at radius 3 is 2.59 bits per heavy atom. The van der Waals surface area contributed by atoms with Gasteiger partial charge in [-0.15, -0.1) is 0 Å². The van der Waals surface area contributed by atoms with E-state index < -0.39 is 0 Å². The van der Waals surface area contributed by atoms with Gasteiger partial charge in [0.2, 0.25) is 0 Å². The number of nitrogens with zero attached hydrogens (tertiary/aromatic N) is 1. The molecular weight excluding hydrogens is 276 g/mol. The van der Waals surface area contributed by atoms with Crippen LogP contribution in [0.25, 0.3) is 0 Å². The second-order valence-corrected chi connectivity index (χ2v) is 5.41.